The van der Waals surface area contributed by atoms with E-state index in [1.165, 1.54) is 12.8 Å². The topological polar surface area (TPSA) is 41.1 Å². The van der Waals surface area contributed by atoms with E-state index in [1.807, 2.05) is 0 Å². The zero-order chi connectivity index (χ0) is 9.68. The highest BCUT2D eigenvalue weighted by Gasteiger charge is 2.22. The third-order valence-electron chi connectivity index (χ3n) is 2.02. The summed E-state index contributed by atoms with van der Waals surface area (Å²) < 4.78 is 0. The summed E-state index contributed by atoms with van der Waals surface area (Å²) in [6.45, 7) is 6.13. The van der Waals surface area contributed by atoms with Crippen LogP contribution in [0.25, 0.3) is 0 Å². The Morgan fingerprint density at radius 2 is 2.15 bits per heavy atom. The third kappa shape index (κ3) is 5.64. The van der Waals surface area contributed by atoms with E-state index in [0.29, 0.717) is 18.4 Å². The van der Waals surface area contributed by atoms with Gasteiger partial charge in [0.05, 0.1) is 0 Å². The van der Waals surface area contributed by atoms with Crippen molar-refractivity contribution in [1.82, 2.24) is 10.6 Å². The van der Waals surface area contributed by atoms with E-state index in [-0.39, 0.29) is 5.91 Å². The summed E-state index contributed by atoms with van der Waals surface area (Å²) >= 11 is 0. The Hall–Kier alpha value is -0.570. The predicted octanol–water partition coefficient (Wildman–Crippen LogP) is 0.901. The van der Waals surface area contributed by atoms with Crippen molar-refractivity contribution in [3.05, 3.63) is 0 Å². The van der Waals surface area contributed by atoms with Gasteiger partial charge in [-0.15, -0.1) is 0 Å². The quantitative estimate of drug-likeness (QED) is 0.602. The van der Waals surface area contributed by atoms with E-state index < -0.39 is 0 Å². The van der Waals surface area contributed by atoms with E-state index in [0.717, 1.165) is 13.1 Å². The van der Waals surface area contributed by atoms with Gasteiger partial charge in [-0.2, -0.15) is 0 Å². The minimum absolute atomic E-state index is 0.193. The maximum absolute atomic E-state index is 11.2. The molecule has 0 saturated heterocycles. The van der Waals surface area contributed by atoms with Crippen LogP contribution in [0.3, 0.4) is 0 Å². The van der Waals surface area contributed by atoms with Gasteiger partial charge < -0.3 is 10.6 Å². The Labute approximate surface area is 80.3 Å². The maximum atomic E-state index is 11.2. The van der Waals surface area contributed by atoms with Crippen molar-refractivity contribution in [3.8, 4) is 0 Å². The predicted molar refractivity (Wildman–Crippen MR) is 53.5 cm³/mol. The molecule has 0 spiro atoms. The summed E-state index contributed by atoms with van der Waals surface area (Å²) in [5.41, 5.74) is 0. The molecule has 0 heterocycles. The molecule has 3 nitrogen and oxygen atoms in total. The van der Waals surface area contributed by atoms with Crippen LogP contribution in [0, 0.1) is 5.92 Å². The van der Waals surface area contributed by atoms with Gasteiger partial charge in [0.15, 0.2) is 0 Å². The van der Waals surface area contributed by atoms with E-state index in [9.17, 15) is 4.79 Å². The molecule has 0 aromatic heterocycles. The van der Waals surface area contributed by atoms with Crippen LogP contribution in [0.5, 0.6) is 0 Å². The van der Waals surface area contributed by atoms with Crippen LogP contribution < -0.4 is 10.6 Å². The summed E-state index contributed by atoms with van der Waals surface area (Å²) in [5, 5.41) is 6.21. The molecule has 0 radical (unpaired) electrons. The Balaban J connectivity index is 1.89. The molecule has 1 rings (SSSR count). The molecule has 13 heavy (non-hydrogen) atoms. The van der Waals surface area contributed by atoms with Gasteiger partial charge >= 0.3 is 0 Å². The standard InChI is InChI=1S/C10H20N2O/c1-8(2)7-11-6-5-10(13)12-9-3-4-9/h8-9,11H,3-7H2,1-2H3,(H,12,13). The highest BCUT2D eigenvalue weighted by molar-refractivity contribution is 5.76. The first kappa shape index (κ1) is 10.5. The van der Waals surface area contributed by atoms with Gasteiger partial charge in [-0.05, 0) is 25.3 Å². The van der Waals surface area contributed by atoms with Crippen molar-refractivity contribution in [2.45, 2.75) is 39.2 Å². The molecule has 0 aliphatic heterocycles. The smallest absolute Gasteiger partial charge is 0.221 e. The largest absolute Gasteiger partial charge is 0.353 e. The van der Waals surface area contributed by atoms with Gasteiger partial charge in [0.25, 0.3) is 0 Å². The van der Waals surface area contributed by atoms with Gasteiger partial charge in [0.2, 0.25) is 5.91 Å². The number of nitrogens with one attached hydrogen (secondary N) is 2. The summed E-state index contributed by atoms with van der Waals surface area (Å²) in [6.07, 6.45) is 2.96. The minimum Gasteiger partial charge on any atom is -0.353 e. The molecular weight excluding hydrogens is 164 g/mol. The molecule has 1 aliphatic rings. The lowest BCUT2D eigenvalue weighted by Crippen LogP contribution is -2.30. The molecule has 0 bridgehead atoms. The van der Waals surface area contributed by atoms with Crippen LogP contribution in [0.4, 0.5) is 0 Å². The second-order valence-corrected chi connectivity index (χ2v) is 4.19. The Kier molecular flexibility index (Phi) is 4.22. The molecule has 0 unspecified atom stereocenters. The average Bonchev–Trinajstić information content (AvgIpc) is 2.81. The third-order valence-corrected chi connectivity index (χ3v) is 2.02. The van der Waals surface area contributed by atoms with Crippen molar-refractivity contribution >= 4 is 5.91 Å². The summed E-state index contributed by atoms with van der Waals surface area (Å²) in [7, 11) is 0. The fourth-order valence-electron chi connectivity index (χ4n) is 1.12. The summed E-state index contributed by atoms with van der Waals surface area (Å²) in [4.78, 5) is 11.2. The highest BCUT2D eigenvalue weighted by atomic mass is 16.1. The van der Waals surface area contributed by atoms with Gasteiger partial charge in [0.1, 0.15) is 0 Å². The molecule has 0 aromatic rings. The van der Waals surface area contributed by atoms with Crippen LogP contribution in [-0.4, -0.2) is 25.0 Å². The first-order valence-electron chi connectivity index (χ1n) is 5.18. The van der Waals surface area contributed by atoms with Crippen LogP contribution in [0.15, 0.2) is 0 Å². The first-order chi connectivity index (χ1) is 6.18. The van der Waals surface area contributed by atoms with Gasteiger partial charge in [-0.3, -0.25) is 4.79 Å². The molecule has 1 amide bonds. The number of carbonyl (C=O) groups excluding carboxylic acids is 1. The minimum atomic E-state index is 0.193. The van der Waals surface area contributed by atoms with Crippen molar-refractivity contribution < 1.29 is 4.79 Å². The fourth-order valence-corrected chi connectivity index (χ4v) is 1.12. The first-order valence-corrected chi connectivity index (χ1v) is 5.18. The van der Waals surface area contributed by atoms with E-state index in [4.69, 9.17) is 0 Å². The number of carbonyl (C=O) groups is 1. The van der Waals surface area contributed by atoms with Crippen molar-refractivity contribution in [3.63, 3.8) is 0 Å². The normalized spacial score (nSPS) is 16.2. The van der Waals surface area contributed by atoms with Crippen molar-refractivity contribution in [2.24, 2.45) is 5.92 Å². The van der Waals surface area contributed by atoms with Crippen LogP contribution >= 0.6 is 0 Å². The average molecular weight is 184 g/mol. The zero-order valence-corrected chi connectivity index (χ0v) is 8.60. The Bertz CT molecular complexity index is 164. The number of hydrogen-bond donors (Lipinski definition) is 2. The lowest BCUT2D eigenvalue weighted by Gasteiger charge is -2.07. The molecular formula is C10H20N2O. The molecule has 0 aromatic carbocycles. The molecule has 2 N–H and O–H groups in total. The Morgan fingerprint density at radius 1 is 1.46 bits per heavy atom. The van der Waals surface area contributed by atoms with E-state index in [2.05, 4.69) is 24.5 Å². The molecule has 1 saturated carbocycles. The fraction of sp³-hybridized carbons (Fsp3) is 0.900. The van der Waals surface area contributed by atoms with Gasteiger partial charge in [0, 0.05) is 19.0 Å². The van der Waals surface area contributed by atoms with Crippen LogP contribution in [0.1, 0.15) is 33.1 Å². The second-order valence-electron chi connectivity index (χ2n) is 4.19. The molecule has 0 atom stereocenters. The zero-order valence-electron chi connectivity index (χ0n) is 8.60. The second kappa shape index (κ2) is 5.22. The van der Waals surface area contributed by atoms with Crippen molar-refractivity contribution in [1.29, 1.82) is 0 Å². The van der Waals surface area contributed by atoms with Gasteiger partial charge in [-0.1, -0.05) is 13.8 Å². The number of rotatable bonds is 6. The summed E-state index contributed by atoms with van der Waals surface area (Å²) in [6, 6.07) is 0.498. The number of amides is 1. The van der Waals surface area contributed by atoms with Crippen LogP contribution in [0.2, 0.25) is 0 Å². The number of hydrogen-bond acceptors (Lipinski definition) is 2. The molecule has 76 valence electrons. The molecule has 3 heteroatoms. The van der Waals surface area contributed by atoms with E-state index >= 15 is 0 Å². The van der Waals surface area contributed by atoms with Crippen LogP contribution in [-0.2, 0) is 4.79 Å². The highest BCUT2D eigenvalue weighted by Crippen LogP contribution is 2.18. The van der Waals surface area contributed by atoms with E-state index in [1.54, 1.807) is 0 Å². The van der Waals surface area contributed by atoms with Crippen molar-refractivity contribution in [2.75, 3.05) is 13.1 Å². The Morgan fingerprint density at radius 3 is 2.69 bits per heavy atom. The maximum Gasteiger partial charge on any atom is 0.221 e. The molecule has 1 aliphatic carbocycles. The lowest BCUT2D eigenvalue weighted by molar-refractivity contribution is -0.121. The van der Waals surface area contributed by atoms with Gasteiger partial charge in [-0.25, -0.2) is 0 Å². The monoisotopic (exact) mass is 184 g/mol. The SMILES string of the molecule is CC(C)CNCCC(=O)NC1CC1. The lowest BCUT2D eigenvalue weighted by atomic mass is 10.2. The molecule has 1 fully saturated rings. The summed E-state index contributed by atoms with van der Waals surface area (Å²) in [5.74, 6) is 0.852.